The van der Waals surface area contributed by atoms with Crippen LogP contribution in [0, 0.1) is 9.39 Å². The lowest BCUT2D eigenvalue weighted by Crippen LogP contribution is -2.54. The minimum atomic E-state index is -0.915. The first-order chi connectivity index (χ1) is 19.2. The van der Waals surface area contributed by atoms with Gasteiger partial charge in [0.15, 0.2) is 11.5 Å². The monoisotopic (exact) mass is 658 g/mol. The van der Waals surface area contributed by atoms with Crippen molar-refractivity contribution in [1.82, 2.24) is 5.32 Å². The smallest absolute Gasteiger partial charge is 0.338 e. The van der Waals surface area contributed by atoms with Crippen molar-refractivity contribution in [3.8, 4) is 11.5 Å². The van der Waals surface area contributed by atoms with Crippen LogP contribution in [0.25, 0.3) is 6.08 Å². The quantitative estimate of drug-likeness (QED) is 0.145. The van der Waals surface area contributed by atoms with Crippen LogP contribution in [-0.4, -0.2) is 37.0 Å². The molecular formula is C29H24FIN2O7. The highest BCUT2D eigenvalue weighted by Gasteiger charge is 2.37. The third-order valence-electron chi connectivity index (χ3n) is 5.65. The van der Waals surface area contributed by atoms with Gasteiger partial charge in [-0.2, -0.15) is 0 Å². The van der Waals surface area contributed by atoms with Crippen molar-refractivity contribution in [3.05, 3.63) is 92.3 Å². The van der Waals surface area contributed by atoms with Gasteiger partial charge in [0.2, 0.25) is 0 Å². The number of nitrogens with one attached hydrogen (secondary N) is 1. The van der Waals surface area contributed by atoms with Gasteiger partial charge in [-0.05, 0) is 102 Å². The number of anilines is 1. The Balaban J connectivity index is 1.62. The van der Waals surface area contributed by atoms with E-state index in [1.54, 1.807) is 38.1 Å². The van der Waals surface area contributed by atoms with Crippen LogP contribution >= 0.6 is 22.6 Å². The Morgan fingerprint density at radius 3 is 2.42 bits per heavy atom. The van der Waals surface area contributed by atoms with Crippen LogP contribution in [0.1, 0.15) is 35.3 Å². The van der Waals surface area contributed by atoms with E-state index in [-0.39, 0.29) is 35.9 Å². The van der Waals surface area contributed by atoms with Crippen molar-refractivity contribution in [2.75, 3.05) is 18.1 Å². The van der Waals surface area contributed by atoms with Crippen LogP contribution in [0.15, 0.2) is 66.2 Å². The fourth-order valence-electron chi connectivity index (χ4n) is 3.88. The molecule has 1 fully saturated rings. The number of rotatable bonds is 9. The molecule has 0 spiro atoms. The molecule has 9 nitrogen and oxygen atoms in total. The number of hydrogen-bond donors (Lipinski definition) is 1. The molecule has 206 valence electrons. The van der Waals surface area contributed by atoms with Crippen LogP contribution in [0.3, 0.4) is 0 Å². The number of urea groups is 1. The number of nitrogens with zero attached hydrogens (tertiary/aromatic N) is 1. The average molecular weight is 658 g/mol. The molecule has 3 aromatic carbocycles. The summed E-state index contributed by atoms with van der Waals surface area (Å²) in [6, 6.07) is 14.1. The lowest BCUT2D eigenvalue weighted by Gasteiger charge is -2.26. The van der Waals surface area contributed by atoms with Gasteiger partial charge in [0.25, 0.3) is 11.8 Å². The molecule has 0 saturated carbocycles. The van der Waals surface area contributed by atoms with E-state index >= 15 is 0 Å². The SMILES string of the molecule is CCOC(=O)c1ccc(N2C(=O)NC(=O)/C(=C\c3cc(I)c(OCc4cccc(F)c4)c(OCC)c3)C2=O)cc1. The van der Waals surface area contributed by atoms with E-state index in [9.17, 15) is 23.6 Å². The van der Waals surface area contributed by atoms with E-state index < -0.39 is 23.8 Å². The first-order valence-corrected chi connectivity index (χ1v) is 13.3. The minimum absolute atomic E-state index is 0.0984. The van der Waals surface area contributed by atoms with Crippen molar-refractivity contribution >= 4 is 58.2 Å². The number of carbonyl (C=O) groups is 4. The molecule has 1 aliphatic rings. The van der Waals surface area contributed by atoms with E-state index in [1.165, 1.54) is 42.5 Å². The Kier molecular flexibility index (Phi) is 9.15. The zero-order valence-corrected chi connectivity index (χ0v) is 23.7. The molecule has 0 aliphatic carbocycles. The third kappa shape index (κ3) is 6.47. The molecule has 0 unspecified atom stereocenters. The second kappa shape index (κ2) is 12.7. The molecule has 4 amide bonds. The topological polar surface area (TPSA) is 111 Å². The maximum atomic E-state index is 13.6. The Morgan fingerprint density at radius 2 is 1.75 bits per heavy atom. The number of carbonyl (C=O) groups excluding carboxylic acids is 4. The molecule has 4 rings (SSSR count). The molecule has 0 bridgehead atoms. The van der Waals surface area contributed by atoms with Gasteiger partial charge < -0.3 is 14.2 Å². The number of barbiturate groups is 1. The second-order valence-corrected chi connectivity index (χ2v) is 9.57. The van der Waals surface area contributed by atoms with E-state index in [2.05, 4.69) is 5.32 Å². The number of benzene rings is 3. The van der Waals surface area contributed by atoms with Gasteiger partial charge in [0, 0.05) is 0 Å². The van der Waals surface area contributed by atoms with Crippen LogP contribution in [0.5, 0.6) is 11.5 Å². The molecule has 1 aliphatic heterocycles. The van der Waals surface area contributed by atoms with Crippen LogP contribution < -0.4 is 19.7 Å². The molecule has 0 atom stereocenters. The summed E-state index contributed by atoms with van der Waals surface area (Å²) in [6.07, 6.45) is 1.35. The molecule has 3 aromatic rings. The van der Waals surface area contributed by atoms with Crippen molar-refractivity contribution in [1.29, 1.82) is 0 Å². The van der Waals surface area contributed by atoms with Gasteiger partial charge in [-0.3, -0.25) is 14.9 Å². The van der Waals surface area contributed by atoms with Crippen molar-refractivity contribution in [3.63, 3.8) is 0 Å². The summed E-state index contributed by atoms with van der Waals surface area (Å²) in [5.41, 5.74) is 1.23. The van der Waals surface area contributed by atoms with Crippen molar-refractivity contribution in [2.24, 2.45) is 0 Å². The lowest BCUT2D eigenvalue weighted by atomic mass is 10.1. The highest BCUT2D eigenvalue weighted by atomic mass is 127. The van der Waals surface area contributed by atoms with Crippen molar-refractivity contribution in [2.45, 2.75) is 20.5 Å². The van der Waals surface area contributed by atoms with Crippen LogP contribution in [-0.2, 0) is 20.9 Å². The summed E-state index contributed by atoms with van der Waals surface area (Å²) in [4.78, 5) is 51.3. The molecule has 0 aromatic heterocycles. The van der Waals surface area contributed by atoms with Gasteiger partial charge in [0.05, 0.1) is 28.0 Å². The zero-order chi connectivity index (χ0) is 28.8. The van der Waals surface area contributed by atoms with E-state index in [0.29, 0.717) is 32.8 Å². The molecule has 1 saturated heterocycles. The Morgan fingerprint density at radius 1 is 1.00 bits per heavy atom. The van der Waals surface area contributed by atoms with Gasteiger partial charge in [-0.15, -0.1) is 0 Å². The number of hydrogen-bond acceptors (Lipinski definition) is 7. The largest absolute Gasteiger partial charge is 0.490 e. The lowest BCUT2D eigenvalue weighted by molar-refractivity contribution is -0.122. The van der Waals surface area contributed by atoms with E-state index in [1.807, 2.05) is 22.6 Å². The van der Waals surface area contributed by atoms with Gasteiger partial charge in [-0.25, -0.2) is 18.9 Å². The molecule has 11 heteroatoms. The standard InChI is InChI=1S/C29H24FIN2O7/c1-3-38-24-15-18(14-23(31)25(24)40-16-17-6-5-7-20(30)12-17)13-22-26(34)32-29(37)33(27(22)35)21-10-8-19(9-11-21)28(36)39-4-2/h5-15H,3-4,16H2,1-2H3,(H,32,34,37)/b22-13+. The number of halogens is 2. The van der Waals surface area contributed by atoms with Crippen LogP contribution in [0.2, 0.25) is 0 Å². The molecule has 1 N–H and O–H groups in total. The van der Waals surface area contributed by atoms with Gasteiger partial charge in [-0.1, -0.05) is 12.1 Å². The summed E-state index contributed by atoms with van der Waals surface area (Å²) in [7, 11) is 0. The highest BCUT2D eigenvalue weighted by Crippen LogP contribution is 2.36. The molecule has 1 heterocycles. The fourth-order valence-corrected chi connectivity index (χ4v) is 4.66. The summed E-state index contributed by atoms with van der Waals surface area (Å²) in [5.74, 6) is -1.82. The fraction of sp³-hybridized carbons (Fsp3) is 0.172. The van der Waals surface area contributed by atoms with Gasteiger partial charge in [0.1, 0.15) is 18.0 Å². The third-order valence-corrected chi connectivity index (χ3v) is 6.45. The zero-order valence-electron chi connectivity index (χ0n) is 21.5. The number of ether oxygens (including phenoxy) is 3. The van der Waals surface area contributed by atoms with Crippen molar-refractivity contribution < 1.29 is 37.8 Å². The van der Waals surface area contributed by atoms with Gasteiger partial charge >= 0.3 is 12.0 Å². The number of imide groups is 2. The summed E-state index contributed by atoms with van der Waals surface area (Å²) in [6.45, 7) is 4.09. The normalized spacial score (nSPS) is 14.2. The summed E-state index contributed by atoms with van der Waals surface area (Å²) >= 11 is 2.04. The second-order valence-electron chi connectivity index (χ2n) is 8.41. The van der Waals surface area contributed by atoms with Crippen LogP contribution in [0.4, 0.5) is 14.9 Å². The Labute approximate surface area is 243 Å². The Bertz CT molecular complexity index is 1500. The first kappa shape index (κ1) is 28.7. The summed E-state index contributed by atoms with van der Waals surface area (Å²) in [5, 5.41) is 2.17. The highest BCUT2D eigenvalue weighted by molar-refractivity contribution is 14.1. The molecular weight excluding hydrogens is 634 g/mol. The van der Waals surface area contributed by atoms with E-state index in [0.717, 1.165) is 4.90 Å². The minimum Gasteiger partial charge on any atom is -0.490 e. The van der Waals surface area contributed by atoms with E-state index in [4.69, 9.17) is 14.2 Å². The maximum absolute atomic E-state index is 13.6. The average Bonchev–Trinajstić information content (AvgIpc) is 2.91. The number of esters is 1. The molecule has 40 heavy (non-hydrogen) atoms. The predicted octanol–water partition coefficient (Wildman–Crippen LogP) is 5.25. The maximum Gasteiger partial charge on any atom is 0.338 e. The molecule has 0 radical (unpaired) electrons. The summed E-state index contributed by atoms with van der Waals surface area (Å²) < 4.78 is 30.8. The predicted molar refractivity (Wildman–Crippen MR) is 152 cm³/mol. The first-order valence-electron chi connectivity index (χ1n) is 12.2. The number of amides is 4. The Hall–Kier alpha value is -4.26.